The van der Waals surface area contributed by atoms with Crippen molar-refractivity contribution < 1.29 is 4.39 Å². The second-order valence-electron chi connectivity index (χ2n) is 4.04. The van der Waals surface area contributed by atoms with Gasteiger partial charge in [-0.3, -0.25) is 0 Å². The third-order valence-electron chi connectivity index (χ3n) is 2.73. The monoisotopic (exact) mass is 263 g/mol. The third kappa shape index (κ3) is 3.93. The van der Waals surface area contributed by atoms with Crippen LogP contribution in [0.3, 0.4) is 0 Å². The van der Waals surface area contributed by atoms with Crippen molar-refractivity contribution >= 4 is 23.2 Å². The van der Waals surface area contributed by atoms with Crippen LogP contribution >= 0.6 is 23.2 Å². The molecule has 0 saturated heterocycles. The number of hydrogen-bond donors (Lipinski definition) is 1. The Morgan fingerprint density at radius 2 is 2.06 bits per heavy atom. The van der Waals surface area contributed by atoms with Gasteiger partial charge in [0.25, 0.3) is 0 Å². The minimum Gasteiger partial charge on any atom is -0.310 e. The van der Waals surface area contributed by atoms with Crippen molar-refractivity contribution in [1.82, 2.24) is 5.32 Å². The zero-order valence-electron chi connectivity index (χ0n) is 9.43. The van der Waals surface area contributed by atoms with E-state index in [1.807, 2.05) is 6.92 Å². The number of rotatable bonds is 5. The van der Waals surface area contributed by atoms with Crippen LogP contribution in [0.5, 0.6) is 0 Å². The Balaban J connectivity index is 2.54. The average Bonchev–Trinajstić information content (AvgIpc) is 2.26. The van der Waals surface area contributed by atoms with E-state index in [0.717, 1.165) is 0 Å². The van der Waals surface area contributed by atoms with Gasteiger partial charge < -0.3 is 5.32 Å². The van der Waals surface area contributed by atoms with Crippen molar-refractivity contribution in [2.45, 2.75) is 26.4 Å². The average molecular weight is 264 g/mol. The molecular formula is C12H16Cl2FN. The molecule has 0 aliphatic carbocycles. The van der Waals surface area contributed by atoms with Crippen molar-refractivity contribution in [3.05, 3.63) is 34.6 Å². The molecule has 1 aromatic rings. The van der Waals surface area contributed by atoms with Crippen molar-refractivity contribution in [1.29, 1.82) is 0 Å². The normalized spacial score (nSPS) is 14.8. The van der Waals surface area contributed by atoms with Gasteiger partial charge in [0.05, 0.1) is 0 Å². The molecule has 1 aromatic carbocycles. The summed E-state index contributed by atoms with van der Waals surface area (Å²) in [6.07, 6.45) is 0. The summed E-state index contributed by atoms with van der Waals surface area (Å²) in [4.78, 5) is 0. The first kappa shape index (κ1) is 13.8. The summed E-state index contributed by atoms with van der Waals surface area (Å²) < 4.78 is 13.4. The highest BCUT2D eigenvalue weighted by Gasteiger charge is 2.11. The van der Waals surface area contributed by atoms with Gasteiger partial charge in [0.1, 0.15) is 5.82 Å². The highest BCUT2D eigenvalue weighted by atomic mass is 35.5. The van der Waals surface area contributed by atoms with Crippen LogP contribution < -0.4 is 5.32 Å². The van der Waals surface area contributed by atoms with Gasteiger partial charge in [0, 0.05) is 29.1 Å². The lowest BCUT2D eigenvalue weighted by Gasteiger charge is -2.19. The van der Waals surface area contributed by atoms with Gasteiger partial charge in [-0.1, -0.05) is 24.6 Å². The molecule has 1 N–H and O–H groups in total. The number of halogens is 3. The van der Waals surface area contributed by atoms with Crippen LogP contribution in [0.25, 0.3) is 0 Å². The molecule has 0 aliphatic rings. The fraction of sp³-hybridized carbons (Fsp3) is 0.500. The summed E-state index contributed by atoms with van der Waals surface area (Å²) in [5.74, 6) is 0.680. The Morgan fingerprint density at radius 1 is 1.38 bits per heavy atom. The minimum atomic E-state index is -0.272. The second-order valence-corrected chi connectivity index (χ2v) is 4.78. The Kier molecular flexibility index (Phi) is 5.53. The molecule has 1 nitrogen and oxygen atoms in total. The molecule has 0 radical (unpaired) electrons. The van der Waals surface area contributed by atoms with E-state index in [9.17, 15) is 4.39 Å². The summed E-state index contributed by atoms with van der Waals surface area (Å²) >= 11 is 11.4. The van der Waals surface area contributed by atoms with Gasteiger partial charge >= 0.3 is 0 Å². The van der Waals surface area contributed by atoms with Crippen molar-refractivity contribution in [3.63, 3.8) is 0 Å². The maximum Gasteiger partial charge on any atom is 0.129 e. The van der Waals surface area contributed by atoms with Gasteiger partial charge in [-0.25, -0.2) is 4.39 Å². The highest BCUT2D eigenvalue weighted by molar-refractivity contribution is 6.30. The maximum absolute atomic E-state index is 13.4. The van der Waals surface area contributed by atoms with Gasteiger partial charge in [0.15, 0.2) is 0 Å². The lowest BCUT2D eigenvalue weighted by molar-refractivity contribution is 0.425. The number of hydrogen-bond acceptors (Lipinski definition) is 1. The summed E-state index contributed by atoms with van der Waals surface area (Å²) in [7, 11) is 0. The van der Waals surface area contributed by atoms with Crippen LogP contribution in [0.1, 0.15) is 19.4 Å². The molecule has 90 valence electrons. The minimum absolute atomic E-state index is 0.257. The fourth-order valence-corrected chi connectivity index (χ4v) is 1.70. The first-order valence-electron chi connectivity index (χ1n) is 5.28. The van der Waals surface area contributed by atoms with E-state index >= 15 is 0 Å². The van der Waals surface area contributed by atoms with E-state index in [2.05, 4.69) is 12.2 Å². The molecule has 0 heterocycles. The quantitative estimate of drug-likeness (QED) is 0.797. The number of nitrogens with one attached hydrogen (secondary N) is 1. The van der Waals surface area contributed by atoms with Crippen molar-refractivity contribution in [2.75, 3.05) is 5.88 Å². The van der Waals surface area contributed by atoms with Gasteiger partial charge in [-0.15, -0.1) is 11.6 Å². The largest absolute Gasteiger partial charge is 0.310 e. The zero-order valence-corrected chi connectivity index (χ0v) is 10.9. The Bertz CT molecular complexity index is 344. The maximum atomic E-state index is 13.4. The summed E-state index contributed by atoms with van der Waals surface area (Å²) in [6, 6.07) is 4.97. The first-order chi connectivity index (χ1) is 7.54. The molecule has 4 heteroatoms. The van der Waals surface area contributed by atoms with Gasteiger partial charge in [0.2, 0.25) is 0 Å². The number of alkyl halides is 1. The first-order valence-corrected chi connectivity index (χ1v) is 6.19. The second kappa shape index (κ2) is 6.43. The Labute approximate surface area is 106 Å². The summed E-state index contributed by atoms with van der Waals surface area (Å²) in [5.41, 5.74) is 0.623. The standard InChI is InChI=1S/C12H16Cl2FN/c1-8(6-13)9(2)16-7-10-3-4-11(14)5-12(10)15/h3-5,8-9,16H,6-7H2,1-2H3. The van der Waals surface area contributed by atoms with E-state index in [0.29, 0.717) is 28.9 Å². The Morgan fingerprint density at radius 3 is 2.62 bits per heavy atom. The SMILES string of the molecule is CC(CCl)C(C)NCc1ccc(Cl)cc1F. The molecule has 2 unspecified atom stereocenters. The van der Waals surface area contributed by atoms with Crippen LogP contribution in [0.2, 0.25) is 5.02 Å². The smallest absolute Gasteiger partial charge is 0.129 e. The van der Waals surface area contributed by atoms with E-state index in [1.54, 1.807) is 12.1 Å². The lowest BCUT2D eigenvalue weighted by atomic mass is 10.1. The summed E-state index contributed by atoms with van der Waals surface area (Å²) in [6.45, 7) is 4.59. The fourth-order valence-electron chi connectivity index (χ4n) is 1.27. The molecule has 0 bridgehead atoms. The predicted octanol–water partition coefficient (Wildman–Crippen LogP) is 3.83. The molecule has 2 atom stereocenters. The van der Waals surface area contributed by atoms with Crippen molar-refractivity contribution in [2.24, 2.45) is 5.92 Å². The Hall–Kier alpha value is -0.310. The molecular weight excluding hydrogens is 248 g/mol. The molecule has 0 fully saturated rings. The molecule has 0 saturated carbocycles. The lowest BCUT2D eigenvalue weighted by Crippen LogP contribution is -2.32. The van der Waals surface area contributed by atoms with Crippen LogP contribution in [-0.2, 0) is 6.54 Å². The van der Waals surface area contributed by atoms with E-state index < -0.39 is 0 Å². The van der Waals surface area contributed by atoms with Crippen LogP contribution in [0, 0.1) is 11.7 Å². The van der Waals surface area contributed by atoms with E-state index in [-0.39, 0.29) is 11.9 Å². The van der Waals surface area contributed by atoms with Crippen LogP contribution in [0.4, 0.5) is 4.39 Å². The number of benzene rings is 1. The predicted molar refractivity (Wildman–Crippen MR) is 67.6 cm³/mol. The van der Waals surface area contributed by atoms with Gasteiger partial charge in [-0.05, 0) is 25.0 Å². The molecule has 0 spiro atoms. The van der Waals surface area contributed by atoms with Crippen LogP contribution in [-0.4, -0.2) is 11.9 Å². The molecule has 16 heavy (non-hydrogen) atoms. The third-order valence-corrected chi connectivity index (χ3v) is 3.45. The van der Waals surface area contributed by atoms with Crippen molar-refractivity contribution in [3.8, 4) is 0 Å². The van der Waals surface area contributed by atoms with Crippen LogP contribution in [0.15, 0.2) is 18.2 Å². The van der Waals surface area contributed by atoms with E-state index in [4.69, 9.17) is 23.2 Å². The summed E-state index contributed by atoms with van der Waals surface area (Å²) in [5, 5.41) is 3.66. The molecule has 0 aliphatic heterocycles. The molecule has 1 rings (SSSR count). The topological polar surface area (TPSA) is 12.0 Å². The van der Waals surface area contributed by atoms with E-state index in [1.165, 1.54) is 6.07 Å². The molecule has 0 aromatic heterocycles. The highest BCUT2D eigenvalue weighted by Crippen LogP contribution is 2.15. The zero-order chi connectivity index (χ0) is 12.1. The molecule has 0 amide bonds. The van der Waals surface area contributed by atoms with Gasteiger partial charge in [-0.2, -0.15) is 0 Å².